The minimum Gasteiger partial charge on any atom is -0.373 e. The van der Waals surface area contributed by atoms with Gasteiger partial charge in [0, 0.05) is 31.1 Å². The van der Waals surface area contributed by atoms with Gasteiger partial charge in [0.05, 0.1) is 27.7 Å². The van der Waals surface area contributed by atoms with Crippen molar-refractivity contribution in [3.8, 4) is 11.3 Å². The zero-order valence-electron chi connectivity index (χ0n) is 19.0. The van der Waals surface area contributed by atoms with E-state index in [0.717, 1.165) is 16.9 Å². The maximum Gasteiger partial charge on any atom is 0.257 e. The molecule has 1 saturated heterocycles. The molecule has 1 aromatic heterocycles. The van der Waals surface area contributed by atoms with Crippen LogP contribution in [0.4, 0.5) is 5.13 Å². The summed E-state index contributed by atoms with van der Waals surface area (Å²) in [5.41, 5.74) is 1.45. The van der Waals surface area contributed by atoms with Gasteiger partial charge in [0.1, 0.15) is 0 Å². The molecule has 0 saturated carbocycles. The Morgan fingerprint density at radius 1 is 1.06 bits per heavy atom. The van der Waals surface area contributed by atoms with Gasteiger partial charge in [0.15, 0.2) is 10.9 Å². The van der Waals surface area contributed by atoms with Crippen molar-refractivity contribution in [2.24, 2.45) is 0 Å². The summed E-state index contributed by atoms with van der Waals surface area (Å²) >= 11 is 1.09. The number of amides is 1. The summed E-state index contributed by atoms with van der Waals surface area (Å²) in [6, 6.07) is 15.1. The van der Waals surface area contributed by atoms with Crippen LogP contribution in [0.3, 0.4) is 0 Å². The molecule has 1 aliphatic heterocycles. The van der Waals surface area contributed by atoms with Gasteiger partial charge in [0.25, 0.3) is 5.91 Å². The van der Waals surface area contributed by atoms with E-state index in [4.69, 9.17) is 4.74 Å². The molecule has 10 heteroatoms. The fraction of sp³-hybridized carbons (Fsp3) is 0.292. The molecule has 2 aromatic carbocycles. The van der Waals surface area contributed by atoms with Gasteiger partial charge in [-0.1, -0.05) is 47.7 Å². The summed E-state index contributed by atoms with van der Waals surface area (Å²) in [6.45, 7) is 5.61. The summed E-state index contributed by atoms with van der Waals surface area (Å²) in [5.74, 6) is -0.664. The predicted molar refractivity (Wildman–Crippen MR) is 131 cm³/mol. The minimum absolute atomic E-state index is 0.0370. The third-order valence-corrected chi connectivity index (χ3v) is 8.23. The van der Waals surface area contributed by atoms with Crippen LogP contribution in [0.5, 0.6) is 0 Å². The number of rotatable bonds is 6. The maximum atomic E-state index is 13.2. The number of ether oxygens (including phenoxy) is 1. The second-order valence-corrected chi connectivity index (χ2v) is 11.1. The molecule has 4 rings (SSSR count). The summed E-state index contributed by atoms with van der Waals surface area (Å²) in [7, 11) is -3.79. The number of carbonyl (C=O) groups is 2. The first-order valence-corrected chi connectivity index (χ1v) is 13.0. The van der Waals surface area contributed by atoms with Crippen molar-refractivity contribution in [1.29, 1.82) is 0 Å². The second kappa shape index (κ2) is 9.75. The smallest absolute Gasteiger partial charge is 0.257 e. The number of aromatic nitrogens is 1. The number of anilines is 1. The van der Waals surface area contributed by atoms with Gasteiger partial charge >= 0.3 is 0 Å². The number of ketones is 1. The summed E-state index contributed by atoms with van der Waals surface area (Å²) in [5, 5.41) is 2.97. The van der Waals surface area contributed by atoms with Crippen LogP contribution in [0.1, 0.15) is 40.8 Å². The molecule has 3 aromatic rings. The first kappa shape index (κ1) is 24.2. The van der Waals surface area contributed by atoms with E-state index in [2.05, 4.69) is 10.3 Å². The van der Waals surface area contributed by atoms with Gasteiger partial charge in [-0.25, -0.2) is 13.4 Å². The lowest BCUT2D eigenvalue weighted by Crippen LogP contribution is -2.48. The lowest BCUT2D eigenvalue weighted by atomic mass is 10.1. The molecule has 178 valence electrons. The number of nitrogens with one attached hydrogen (secondary N) is 1. The van der Waals surface area contributed by atoms with Gasteiger partial charge in [-0.15, -0.1) is 0 Å². The lowest BCUT2D eigenvalue weighted by molar-refractivity contribution is -0.0440. The molecule has 0 spiro atoms. The van der Waals surface area contributed by atoms with Gasteiger partial charge < -0.3 is 4.74 Å². The van der Waals surface area contributed by atoms with Crippen molar-refractivity contribution in [3.05, 3.63) is 65.0 Å². The number of hydrogen-bond donors (Lipinski definition) is 1. The molecule has 1 fully saturated rings. The van der Waals surface area contributed by atoms with E-state index in [0.29, 0.717) is 10.6 Å². The number of benzene rings is 2. The Morgan fingerprint density at radius 2 is 1.74 bits per heavy atom. The standard InChI is InChI=1S/C24H25N3O5S2/c1-15-13-27(14-16(2)32-15)34(30,31)20-11-7-10-19(12-20)23(29)26-24-25-21(22(33-24)17(3)28)18-8-5-4-6-9-18/h4-12,15-16H,13-14H2,1-3H3,(H,25,26,29)/t15-,16-/m0/s1. The van der Waals surface area contributed by atoms with E-state index in [-0.39, 0.29) is 46.7 Å². The third kappa shape index (κ3) is 5.10. The monoisotopic (exact) mass is 499 g/mol. The normalized spacial score (nSPS) is 19.0. The molecule has 0 bridgehead atoms. The quantitative estimate of drug-likeness (QED) is 0.513. The van der Waals surface area contributed by atoms with Crippen molar-refractivity contribution in [1.82, 2.24) is 9.29 Å². The van der Waals surface area contributed by atoms with Crippen LogP contribution in [0.2, 0.25) is 0 Å². The Hall–Kier alpha value is -2.92. The number of carbonyl (C=O) groups excluding carboxylic acids is 2. The molecule has 2 atom stereocenters. The van der Waals surface area contributed by atoms with Crippen molar-refractivity contribution in [2.75, 3.05) is 18.4 Å². The third-order valence-electron chi connectivity index (χ3n) is 5.33. The Labute approximate surface area is 202 Å². The van der Waals surface area contributed by atoms with Crippen LogP contribution in [-0.2, 0) is 14.8 Å². The van der Waals surface area contributed by atoms with E-state index in [9.17, 15) is 18.0 Å². The summed E-state index contributed by atoms with van der Waals surface area (Å²) in [6.07, 6.45) is -0.437. The Balaban J connectivity index is 1.58. The zero-order chi connectivity index (χ0) is 24.5. The van der Waals surface area contributed by atoms with Crippen LogP contribution in [-0.4, -0.2) is 54.7 Å². The van der Waals surface area contributed by atoms with Gasteiger partial charge in [-0.3, -0.25) is 14.9 Å². The van der Waals surface area contributed by atoms with Crippen molar-refractivity contribution in [2.45, 2.75) is 37.9 Å². The molecule has 0 aliphatic carbocycles. The SMILES string of the molecule is CC(=O)c1sc(NC(=O)c2cccc(S(=O)(=O)N3C[C@H](C)O[C@@H](C)C3)c2)nc1-c1ccccc1. The number of sulfonamides is 1. The van der Waals surface area contributed by atoms with E-state index in [1.165, 1.54) is 35.5 Å². The number of hydrogen-bond acceptors (Lipinski definition) is 7. The molecule has 1 amide bonds. The van der Waals surface area contributed by atoms with Crippen LogP contribution < -0.4 is 5.32 Å². The van der Waals surface area contributed by atoms with Gasteiger partial charge in [-0.05, 0) is 32.0 Å². The molecule has 34 heavy (non-hydrogen) atoms. The van der Waals surface area contributed by atoms with Crippen molar-refractivity contribution < 1.29 is 22.7 Å². The van der Waals surface area contributed by atoms with Crippen LogP contribution in [0, 0.1) is 0 Å². The average Bonchev–Trinajstić information content (AvgIpc) is 3.23. The van der Waals surface area contributed by atoms with E-state index < -0.39 is 15.9 Å². The molecule has 1 N–H and O–H groups in total. The van der Waals surface area contributed by atoms with Gasteiger partial charge in [-0.2, -0.15) is 4.31 Å². The Kier molecular flexibility index (Phi) is 6.94. The van der Waals surface area contributed by atoms with E-state index in [1.807, 2.05) is 44.2 Å². The average molecular weight is 500 g/mol. The second-order valence-electron chi connectivity index (χ2n) is 8.18. The van der Waals surface area contributed by atoms with E-state index in [1.54, 1.807) is 0 Å². The lowest BCUT2D eigenvalue weighted by Gasteiger charge is -2.34. The number of morpholine rings is 1. The summed E-state index contributed by atoms with van der Waals surface area (Å²) in [4.78, 5) is 30.0. The highest BCUT2D eigenvalue weighted by Crippen LogP contribution is 2.32. The highest BCUT2D eigenvalue weighted by Gasteiger charge is 2.32. The first-order chi connectivity index (χ1) is 16.1. The highest BCUT2D eigenvalue weighted by atomic mass is 32.2. The fourth-order valence-electron chi connectivity index (χ4n) is 3.85. The first-order valence-electron chi connectivity index (χ1n) is 10.8. The molecule has 8 nitrogen and oxygen atoms in total. The number of nitrogens with zero attached hydrogens (tertiary/aromatic N) is 2. The molecule has 2 heterocycles. The summed E-state index contributed by atoms with van der Waals surface area (Å²) < 4.78 is 33.4. The van der Waals surface area contributed by atoms with E-state index >= 15 is 0 Å². The largest absolute Gasteiger partial charge is 0.373 e. The Bertz CT molecular complexity index is 1310. The maximum absolute atomic E-state index is 13.2. The molecule has 0 unspecified atom stereocenters. The van der Waals surface area contributed by atoms with Gasteiger partial charge in [0.2, 0.25) is 10.0 Å². The highest BCUT2D eigenvalue weighted by molar-refractivity contribution is 7.89. The van der Waals surface area contributed by atoms with Crippen molar-refractivity contribution in [3.63, 3.8) is 0 Å². The predicted octanol–water partition coefficient (Wildman–Crippen LogP) is 4.06. The minimum atomic E-state index is -3.79. The Morgan fingerprint density at radius 3 is 2.38 bits per heavy atom. The topological polar surface area (TPSA) is 106 Å². The molecule has 1 aliphatic rings. The number of thiazole rings is 1. The molecular weight excluding hydrogens is 474 g/mol. The van der Waals surface area contributed by atoms with Crippen LogP contribution in [0.25, 0.3) is 11.3 Å². The van der Waals surface area contributed by atoms with Crippen LogP contribution >= 0.6 is 11.3 Å². The molecular formula is C24H25N3O5S2. The fourth-order valence-corrected chi connectivity index (χ4v) is 6.36. The van der Waals surface area contributed by atoms with Crippen LogP contribution in [0.15, 0.2) is 59.5 Å². The number of Topliss-reactive ketones (excluding diaryl/α,β-unsaturated/α-hetero) is 1. The molecule has 0 radical (unpaired) electrons. The van der Waals surface area contributed by atoms with Crippen molar-refractivity contribution >= 4 is 38.2 Å². The zero-order valence-corrected chi connectivity index (χ0v) is 20.7.